The van der Waals surface area contributed by atoms with Crippen molar-refractivity contribution in [2.75, 3.05) is 6.54 Å². The lowest BCUT2D eigenvalue weighted by molar-refractivity contribution is -0.121. The quantitative estimate of drug-likeness (QED) is 0.523. The number of carbonyl (C=O) groups is 1. The molecule has 1 aliphatic heterocycles. The lowest BCUT2D eigenvalue weighted by Crippen LogP contribution is -2.27. The number of rotatable bonds is 5. The largest absolute Gasteiger partial charge is 0.488 e. The van der Waals surface area contributed by atoms with Gasteiger partial charge in [-0.25, -0.2) is 0 Å². The van der Waals surface area contributed by atoms with Crippen LogP contribution >= 0.6 is 35.6 Å². The minimum absolute atomic E-state index is 0.0773. The lowest BCUT2D eigenvalue weighted by atomic mass is 10.1. The molecule has 1 aliphatic rings. The lowest BCUT2D eigenvalue weighted by Gasteiger charge is -2.11. The van der Waals surface area contributed by atoms with Crippen molar-refractivity contribution in [1.82, 2.24) is 4.90 Å². The zero-order valence-electron chi connectivity index (χ0n) is 13.6. The van der Waals surface area contributed by atoms with Crippen molar-refractivity contribution in [2.45, 2.75) is 13.5 Å². The van der Waals surface area contributed by atoms with Gasteiger partial charge in [0.05, 0.1) is 4.91 Å². The van der Waals surface area contributed by atoms with E-state index in [1.54, 1.807) is 23.1 Å². The van der Waals surface area contributed by atoms with Crippen LogP contribution in [0.5, 0.6) is 5.75 Å². The third-order valence-electron chi connectivity index (χ3n) is 3.69. The average Bonchev–Trinajstić information content (AvgIpc) is 2.88. The fourth-order valence-corrected chi connectivity index (χ4v) is 3.97. The van der Waals surface area contributed by atoms with Crippen molar-refractivity contribution in [1.29, 1.82) is 0 Å². The number of hydrogen-bond acceptors (Lipinski definition) is 4. The van der Waals surface area contributed by atoms with Gasteiger partial charge < -0.3 is 4.74 Å². The Hall–Kier alpha value is -1.82. The number of thioether (sulfide) groups is 1. The Morgan fingerprint density at radius 3 is 2.68 bits per heavy atom. The van der Waals surface area contributed by atoms with Crippen LogP contribution in [0.2, 0.25) is 5.02 Å². The van der Waals surface area contributed by atoms with Crippen LogP contribution in [0, 0.1) is 0 Å². The molecule has 1 amide bonds. The Labute approximate surface area is 161 Å². The summed E-state index contributed by atoms with van der Waals surface area (Å²) < 4.78 is 6.51. The summed E-state index contributed by atoms with van der Waals surface area (Å²) >= 11 is 12.7. The summed E-state index contributed by atoms with van der Waals surface area (Å²) in [7, 11) is 0. The van der Waals surface area contributed by atoms with Crippen LogP contribution in [0.25, 0.3) is 6.08 Å². The maximum absolute atomic E-state index is 12.4. The summed E-state index contributed by atoms with van der Waals surface area (Å²) in [5.41, 5.74) is 1.83. The number of thiocarbonyl (C=S) groups is 1. The highest BCUT2D eigenvalue weighted by molar-refractivity contribution is 8.26. The molecule has 3 rings (SSSR count). The highest BCUT2D eigenvalue weighted by Crippen LogP contribution is 2.35. The molecule has 0 N–H and O–H groups in total. The van der Waals surface area contributed by atoms with Crippen LogP contribution in [0.15, 0.2) is 53.4 Å². The maximum atomic E-state index is 12.4. The normalized spacial score (nSPS) is 15.9. The molecule has 1 heterocycles. The van der Waals surface area contributed by atoms with E-state index in [0.29, 0.717) is 33.1 Å². The molecule has 0 aromatic heterocycles. The number of benzene rings is 2. The van der Waals surface area contributed by atoms with E-state index in [1.165, 1.54) is 11.8 Å². The minimum Gasteiger partial charge on any atom is -0.488 e. The van der Waals surface area contributed by atoms with Crippen LogP contribution in [0.1, 0.15) is 18.1 Å². The van der Waals surface area contributed by atoms with Gasteiger partial charge in [0, 0.05) is 17.1 Å². The van der Waals surface area contributed by atoms with E-state index in [1.807, 2.05) is 43.3 Å². The third kappa shape index (κ3) is 4.24. The molecule has 1 saturated heterocycles. The van der Waals surface area contributed by atoms with Crippen molar-refractivity contribution >= 4 is 51.9 Å². The van der Waals surface area contributed by atoms with Crippen LogP contribution < -0.4 is 4.74 Å². The van der Waals surface area contributed by atoms with Crippen molar-refractivity contribution < 1.29 is 9.53 Å². The van der Waals surface area contributed by atoms with E-state index in [9.17, 15) is 4.79 Å². The van der Waals surface area contributed by atoms with E-state index in [0.717, 1.165) is 11.1 Å². The number of likely N-dealkylation sites (N-methyl/N-ethyl adjacent to an activating group) is 1. The molecule has 0 aliphatic carbocycles. The molecule has 1 fully saturated rings. The first-order valence-electron chi connectivity index (χ1n) is 7.80. The summed E-state index contributed by atoms with van der Waals surface area (Å²) in [6.45, 7) is 2.91. The topological polar surface area (TPSA) is 29.5 Å². The first-order valence-corrected chi connectivity index (χ1v) is 9.40. The molecule has 3 nitrogen and oxygen atoms in total. The van der Waals surface area contributed by atoms with Gasteiger partial charge in [-0.2, -0.15) is 0 Å². The van der Waals surface area contributed by atoms with Crippen molar-refractivity contribution in [2.24, 2.45) is 0 Å². The predicted molar refractivity (Wildman–Crippen MR) is 108 cm³/mol. The number of hydrogen-bond donors (Lipinski definition) is 0. The Bertz CT molecular complexity index is 837. The van der Waals surface area contributed by atoms with Gasteiger partial charge in [-0.3, -0.25) is 9.69 Å². The number of nitrogens with zero attached hydrogens (tertiary/aromatic N) is 1. The molecular weight excluding hydrogens is 374 g/mol. The number of amides is 1. The number of carbonyl (C=O) groups excluding carboxylic acids is 1. The van der Waals surface area contributed by atoms with Crippen LogP contribution in [-0.4, -0.2) is 21.7 Å². The van der Waals surface area contributed by atoms with Crippen molar-refractivity contribution in [3.63, 3.8) is 0 Å². The SMILES string of the molecule is CCN1C(=O)/C(=C\c2cc(Cl)ccc2OCc2ccccc2)SC1=S. The second-order valence-corrected chi connectivity index (χ2v) is 7.49. The zero-order valence-corrected chi connectivity index (χ0v) is 16.0. The zero-order chi connectivity index (χ0) is 17.8. The van der Waals surface area contributed by atoms with Gasteiger partial charge >= 0.3 is 0 Å². The second kappa shape index (κ2) is 8.04. The first-order chi connectivity index (χ1) is 12.1. The van der Waals surface area contributed by atoms with Crippen LogP contribution in [0.3, 0.4) is 0 Å². The standard InChI is InChI=1S/C19H16ClNO2S2/c1-2-21-18(22)17(25-19(21)24)11-14-10-15(20)8-9-16(14)23-12-13-6-4-3-5-7-13/h3-11H,2,12H2,1H3/b17-11+. The number of halogens is 1. The third-order valence-corrected chi connectivity index (χ3v) is 5.30. The van der Waals surface area contributed by atoms with Crippen LogP contribution in [-0.2, 0) is 11.4 Å². The molecule has 0 bridgehead atoms. The molecule has 6 heteroatoms. The van der Waals surface area contributed by atoms with Gasteiger partial charge in [-0.05, 0) is 36.8 Å². The molecule has 0 saturated carbocycles. The Kier molecular flexibility index (Phi) is 5.78. The van der Waals surface area contributed by atoms with E-state index >= 15 is 0 Å². The minimum atomic E-state index is -0.0773. The van der Waals surface area contributed by atoms with Gasteiger partial charge in [-0.15, -0.1) is 0 Å². The second-order valence-electron chi connectivity index (χ2n) is 5.38. The van der Waals surface area contributed by atoms with Gasteiger partial charge in [0.25, 0.3) is 5.91 Å². The molecule has 0 atom stereocenters. The fraction of sp³-hybridized carbons (Fsp3) is 0.158. The van der Waals surface area contributed by atoms with Crippen molar-refractivity contribution in [3.05, 3.63) is 69.6 Å². The Balaban J connectivity index is 1.86. The van der Waals surface area contributed by atoms with E-state index in [-0.39, 0.29) is 5.91 Å². The summed E-state index contributed by atoms with van der Waals surface area (Å²) in [6, 6.07) is 15.3. The fourth-order valence-electron chi connectivity index (χ4n) is 2.41. The summed E-state index contributed by atoms with van der Waals surface area (Å²) in [5.74, 6) is 0.599. The van der Waals surface area contributed by atoms with Crippen LogP contribution in [0.4, 0.5) is 0 Å². The molecule has 0 unspecified atom stereocenters. The highest BCUT2D eigenvalue weighted by atomic mass is 35.5. The maximum Gasteiger partial charge on any atom is 0.266 e. The average molecular weight is 390 g/mol. The van der Waals surface area contributed by atoms with Crippen molar-refractivity contribution in [3.8, 4) is 5.75 Å². The van der Waals surface area contributed by atoms with Gasteiger partial charge in [-0.1, -0.05) is 65.9 Å². The molecule has 0 radical (unpaired) electrons. The molecule has 2 aromatic rings. The summed E-state index contributed by atoms with van der Waals surface area (Å²) in [5, 5.41) is 0.587. The molecule has 0 spiro atoms. The Morgan fingerprint density at radius 1 is 1.24 bits per heavy atom. The summed E-state index contributed by atoms with van der Waals surface area (Å²) in [4.78, 5) is 14.6. The van der Waals surface area contributed by atoms with E-state index in [4.69, 9.17) is 28.6 Å². The highest BCUT2D eigenvalue weighted by Gasteiger charge is 2.30. The Morgan fingerprint density at radius 2 is 2.00 bits per heavy atom. The van der Waals surface area contributed by atoms with E-state index in [2.05, 4.69) is 0 Å². The van der Waals surface area contributed by atoms with E-state index < -0.39 is 0 Å². The van der Waals surface area contributed by atoms with Gasteiger partial charge in [0.1, 0.15) is 16.7 Å². The van der Waals surface area contributed by atoms with Gasteiger partial charge in [0.2, 0.25) is 0 Å². The first kappa shape index (κ1) is 18.0. The molecule has 2 aromatic carbocycles. The molecule has 128 valence electrons. The smallest absolute Gasteiger partial charge is 0.266 e. The summed E-state index contributed by atoms with van der Waals surface area (Å²) in [6.07, 6.45) is 1.79. The molecule has 25 heavy (non-hydrogen) atoms. The molecular formula is C19H16ClNO2S2. The predicted octanol–water partition coefficient (Wildman–Crippen LogP) is 5.14. The van der Waals surface area contributed by atoms with Gasteiger partial charge in [0.15, 0.2) is 0 Å². The number of ether oxygens (including phenoxy) is 1. The monoisotopic (exact) mass is 389 g/mol.